The smallest absolute Gasteiger partial charge is 0.374 e. The zero-order valence-electron chi connectivity index (χ0n) is 5.68. The van der Waals surface area contributed by atoms with Crippen molar-refractivity contribution in [3.8, 4) is 0 Å². The lowest BCUT2D eigenvalue weighted by Crippen LogP contribution is -2.02. The molecule has 0 aliphatic rings. The van der Waals surface area contributed by atoms with Gasteiger partial charge in [0.1, 0.15) is 0 Å². The SMILES string of the molecule is O=C(O)c1ncc2s[c]nc2n1. The third-order valence-electron chi connectivity index (χ3n) is 1.23. The van der Waals surface area contributed by atoms with Crippen molar-refractivity contribution in [2.45, 2.75) is 0 Å². The summed E-state index contributed by atoms with van der Waals surface area (Å²) in [6, 6.07) is 0. The first kappa shape index (κ1) is 7.11. The first-order chi connectivity index (χ1) is 5.77. The molecule has 0 bridgehead atoms. The minimum Gasteiger partial charge on any atom is -0.475 e. The van der Waals surface area contributed by atoms with Gasteiger partial charge in [0, 0.05) is 0 Å². The monoisotopic (exact) mass is 180 g/mol. The molecule has 0 saturated carbocycles. The first-order valence-corrected chi connectivity index (χ1v) is 3.82. The number of fused-ring (bicyclic) bond motifs is 1. The predicted octanol–water partition coefficient (Wildman–Crippen LogP) is 0.585. The molecule has 1 radical (unpaired) electrons. The number of carboxylic acids is 1. The Morgan fingerprint density at radius 2 is 2.50 bits per heavy atom. The molecule has 0 saturated heterocycles. The van der Waals surface area contributed by atoms with Crippen molar-refractivity contribution < 1.29 is 9.90 Å². The van der Waals surface area contributed by atoms with E-state index in [2.05, 4.69) is 20.5 Å². The van der Waals surface area contributed by atoms with Gasteiger partial charge in [0.15, 0.2) is 11.2 Å². The van der Waals surface area contributed by atoms with Crippen LogP contribution in [0.3, 0.4) is 0 Å². The van der Waals surface area contributed by atoms with Crippen LogP contribution in [-0.2, 0) is 0 Å². The number of carboxylic acid groups (broad SMARTS) is 1. The van der Waals surface area contributed by atoms with Crippen molar-refractivity contribution in [3.63, 3.8) is 0 Å². The van der Waals surface area contributed by atoms with Crippen LogP contribution in [0.5, 0.6) is 0 Å². The minimum atomic E-state index is -1.15. The lowest BCUT2D eigenvalue weighted by Gasteiger charge is -1.89. The third-order valence-corrected chi connectivity index (χ3v) is 1.93. The Hall–Kier alpha value is -1.56. The van der Waals surface area contributed by atoms with Crippen LogP contribution in [-0.4, -0.2) is 26.0 Å². The molecule has 5 nitrogen and oxygen atoms in total. The normalized spacial score (nSPS) is 10.3. The maximum Gasteiger partial charge on any atom is 0.374 e. The van der Waals surface area contributed by atoms with Gasteiger partial charge < -0.3 is 5.11 Å². The molecule has 2 aromatic heterocycles. The number of aromatic nitrogens is 3. The van der Waals surface area contributed by atoms with Crippen LogP contribution >= 0.6 is 11.3 Å². The first-order valence-electron chi connectivity index (χ1n) is 3.00. The number of hydrogen-bond acceptors (Lipinski definition) is 5. The highest BCUT2D eigenvalue weighted by Gasteiger charge is 2.08. The summed E-state index contributed by atoms with van der Waals surface area (Å²) in [6.07, 6.45) is 1.43. The number of nitrogens with zero attached hydrogens (tertiary/aromatic N) is 3. The van der Waals surface area contributed by atoms with E-state index in [0.29, 0.717) is 5.65 Å². The summed E-state index contributed by atoms with van der Waals surface area (Å²) in [4.78, 5) is 21.5. The van der Waals surface area contributed by atoms with Crippen molar-refractivity contribution in [1.82, 2.24) is 15.0 Å². The van der Waals surface area contributed by atoms with Gasteiger partial charge in [-0.3, -0.25) is 0 Å². The van der Waals surface area contributed by atoms with Gasteiger partial charge in [-0.15, -0.1) is 11.3 Å². The van der Waals surface area contributed by atoms with Crippen LogP contribution in [0, 0.1) is 5.51 Å². The topological polar surface area (TPSA) is 76.0 Å². The average Bonchev–Trinajstić information content (AvgIpc) is 2.49. The van der Waals surface area contributed by atoms with Gasteiger partial charge in [-0.1, -0.05) is 0 Å². The largest absolute Gasteiger partial charge is 0.475 e. The third kappa shape index (κ3) is 1.02. The molecule has 0 spiro atoms. The van der Waals surface area contributed by atoms with E-state index in [-0.39, 0.29) is 5.82 Å². The molecule has 6 heteroatoms. The number of aromatic carboxylic acids is 1. The highest BCUT2D eigenvalue weighted by Crippen LogP contribution is 2.12. The molecule has 12 heavy (non-hydrogen) atoms. The van der Waals surface area contributed by atoms with Gasteiger partial charge >= 0.3 is 5.97 Å². The lowest BCUT2D eigenvalue weighted by molar-refractivity contribution is 0.0684. The van der Waals surface area contributed by atoms with Crippen LogP contribution in [0.2, 0.25) is 0 Å². The summed E-state index contributed by atoms with van der Waals surface area (Å²) >= 11 is 1.25. The van der Waals surface area contributed by atoms with Crippen molar-refractivity contribution in [1.29, 1.82) is 0 Å². The van der Waals surface area contributed by atoms with E-state index >= 15 is 0 Å². The van der Waals surface area contributed by atoms with Crippen LogP contribution in [0.4, 0.5) is 0 Å². The van der Waals surface area contributed by atoms with E-state index in [1.165, 1.54) is 17.5 Å². The number of carbonyl (C=O) groups is 1. The van der Waals surface area contributed by atoms with E-state index in [1.807, 2.05) is 0 Å². The highest BCUT2D eigenvalue weighted by atomic mass is 32.1. The molecule has 2 heterocycles. The Balaban J connectivity index is 2.68. The molecule has 0 atom stereocenters. The zero-order chi connectivity index (χ0) is 8.55. The molecular formula is C6H2N3O2S. The van der Waals surface area contributed by atoms with Crippen molar-refractivity contribution in [2.75, 3.05) is 0 Å². The summed E-state index contributed by atoms with van der Waals surface area (Å²) in [7, 11) is 0. The molecule has 0 amide bonds. The van der Waals surface area contributed by atoms with Crippen LogP contribution in [0.1, 0.15) is 10.6 Å². The second-order valence-electron chi connectivity index (χ2n) is 1.99. The van der Waals surface area contributed by atoms with E-state index < -0.39 is 5.97 Å². The molecule has 0 aromatic carbocycles. The fourth-order valence-electron chi connectivity index (χ4n) is 0.732. The number of hydrogen-bond donors (Lipinski definition) is 1. The predicted molar refractivity (Wildman–Crippen MR) is 41.0 cm³/mol. The molecule has 2 rings (SSSR count). The maximum absolute atomic E-state index is 10.4. The van der Waals surface area contributed by atoms with Gasteiger partial charge in [0.05, 0.1) is 10.9 Å². The standard InChI is InChI=1S/C6H2N3O2S/c10-6(11)5-7-1-3-4(9-5)8-2-12-3/h1H,(H,10,11). The quantitative estimate of drug-likeness (QED) is 0.694. The second kappa shape index (κ2) is 2.49. The summed E-state index contributed by atoms with van der Waals surface area (Å²) in [6.45, 7) is 0. The van der Waals surface area contributed by atoms with Crippen molar-refractivity contribution in [3.05, 3.63) is 17.5 Å². The Labute approximate surface area is 70.7 Å². The molecule has 1 N–H and O–H groups in total. The molecule has 0 aliphatic carbocycles. The lowest BCUT2D eigenvalue weighted by atomic mass is 10.5. The van der Waals surface area contributed by atoms with Gasteiger partial charge in [-0.25, -0.2) is 19.7 Å². The Morgan fingerprint density at radius 3 is 3.25 bits per heavy atom. The molecule has 0 aliphatic heterocycles. The molecule has 0 fully saturated rings. The Morgan fingerprint density at radius 1 is 1.67 bits per heavy atom. The molecule has 59 valence electrons. The van der Waals surface area contributed by atoms with Gasteiger partial charge in [0.2, 0.25) is 5.82 Å². The Bertz CT molecular complexity index is 439. The fourth-order valence-corrected chi connectivity index (χ4v) is 1.25. The summed E-state index contributed by atoms with van der Waals surface area (Å²) in [5, 5.41) is 8.52. The molecule has 0 unspecified atom stereocenters. The van der Waals surface area contributed by atoms with Gasteiger partial charge in [-0.05, 0) is 0 Å². The summed E-state index contributed by atoms with van der Waals surface area (Å²) in [5.41, 5.74) is 2.98. The van der Waals surface area contributed by atoms with E-state index in [0.717, 1.165) is 4.70 Å². The van der Waals surface area contributed by atoms with Crippen molar-refractivity contribution in [2.24, 2.45) is 0 Å². The summed E-state index contributed by atoms with van der Waals surface area (Å²) in [5.74, 6) is -1.38. The van der Waals surface area contributed by atoms with Crippen LogP contribution in [0.25, 0.3) is 10.3 Å². The number of rotatable bonds is 1. The minimum absolute atomic E-state index is 0.234. The van der Waals surface area contributed by atoms with Crippen LogP contribution in [0.15, 0.2) is 6.20 Å². The molecule has 2 aromatic rings. The van der Waals surface area contributed by atoms with E-state index in [1.54, 1.807) is 0 Å². The van der Waals surface area contributed by atoms with Crippen molar-refractivity contribution >= 4 is 27.7 Å². The highest BCUT2D eigenvalue weighted by molar-refractivity contribution is 7.16. The number of thiazole rings is 1. The van der Waals surface area contributed by atoms with E-state index in [4.69, 9.17) is 5.11 Å². The van der Waals surface area contributed by atoms with E-state index in [9.17, 15) is 4.79 Å². The van der Waals surface area contributed by atoms with Gasteiger partial charge in [0.25, 0.3) is 0 Å². The summed E-state index contributed by atoms with van der Waals surface area (Å²) < 4.78 is 0.736. The van der Waals surface area contributed by atoms with Crippen LogP contribution < -0.4 is 0 Å². The molecular weight excluding hydrogens is 178 g/mol. The fraction of sp³-hybridized carbons (Fsp3) is 0. The Kier molecular flexibility index (Phi) is 1.47. The average molecular weight is 180 g/mol. The maximum atomic E-state index is 10.4. The van der Waals surface area contributed by atoms with Gasteiger partial charge in [-0.2, -0.15) is 0 Å². The second-order valence-corrected chi connectivity index (χ2v) is 2.82. The zero-order valence-corrected chi connectivity index (χ0v) is 6.50.